The van der Waals surface area contributed by atoms with Crippen molar-refractivity contribution >= 4 is 18.3 Å². The average Bonchev–Trinajstić information content (AvgIpc) is 3.03. The van der Waals surface area contributed by atoms with E-state index in [0.29, 0.717) is 24.6 Å². The molecule has 2 rings (SSSR count). The SMILES string of the molecule is CCC(CC)c1cc(CNC(=O)[C@@H](N)Cc2ccccc2)on1.Cl. The third-order valence-corrected chi connectivity index (χ3v) is 4.05. The van der Waals surface area contributed by atoms with Gasteiger partial charge in [-0.2, -0.15) is 0 Å². The van der Waals surface area contributed by atoms with Gasteiger partial charge >= 0.3 is 0 Å². The topological polar surface area (TPSA) is 81.2 Å². The molecule has 0 spiro atoms. The minimum atomic E-state index is -0.571. The number of aromatic nitrogens is 1. The van der Waals surface area contributed by atoms with Gasteiger partial charge in [0, 0.05) is 12.0 Å². The van der Waals surface area contributed by atoms with Crippen molar-refractivity contribution in [3.05, 3.63) is 53.4 Å². The number of nitrogens with zero attached hydrogens (tertiary/aromatic N) is 1. The van der Waals surface area contributed by atoms with Gasteiger partial charge in [-0.15, -0.1) is 12.4 Å². The first-order valence-corrected chi connectivity index (χ1v) is 8.16. The summed E-state index contributed by atoms with van der Waals surface area (Å²) in [4.78, 5) is 12.1. The van der Waals surface area contributed by atoms with E-state index in [1.54, 1.807) is 0 Å². The monoisotopic (exact) mass is 351 g/mol. The number of amides is 1. The van der Waals surface area contributed by atoms with Crippen molar-refractivity contribution < 1.29 is 9.32 Å². The number of carbonyl (C=O) groups excluding carboxylic acids is 1. The lowest BCUT2D eigenvalue weighted by atomic mass is 9.99. The highest BCUT2D eigenvalue weighted by atomic mass is 35.5. The molecular formula is C18H26ClN3O2. The first kappa shape index (κ1) is 20.2. The van der Waals surface area contributed by atoms with E-state index in [1.165, 1.54) is 0 Å². The van der Waals surface area contributed by atoms with E-state index in [0.717, 1.165) is 24.1 Å². The van der Waals surface area contributed by atoms with E-state index in [1.807, 2.05) is 36.4 Å². The molecule has 1 heterocycles. The summed E-state index contributed by atoms with van der Waals surface area (Å²) in [5.74, 6) is 0.880. The van der Waals surface area contributed by atoms with Crippen LogP contribution in [0, 0.1) is 0 Å². The molecule has 0 saturated heterocycles. The number of halogens is 1. The Balaban J connectivity index is 0.00000288. The zero-order chi connectivity index (χ0) is 16.7. The fraction of sp³-hybridized carbons (Fsp3) is 0.444. The van der Waals surface area contributed by atoms with Gasteiger partial charge in [0.05, 0.1) is 18.3 Å². The highest BCUT2D eigenvalue weighted by molar-refractivity contribution is 5.85. The molecule has 1 aromatic carbocycles. The molecule has 132 valence electrons. The first-order valence-electron chi connectivity index (χ1n) is 8.16. The van der Waals surface area contributed by atoms with E-state index < -0.39 is 6.04 Å². The van der Waals surface area contributed by atoms with E-state index in [-0.39, 0.29) is 18.3 Å². The second-order valence-electron chi connectivity index (χ2n) is 5.75. The predicted octanol–water partition coefficient (Wildman–Crippen LogP) is 3.19. The van der Waals surface area contributed by atoms with Crippen LogP contribution in [-0.2, 0) is 17.8 Å². The van der Waals surface area contributed by atoms with Crippen LogP contribution in [0.1, 0.15) is 49.6 Å². The smallest absolute Gasteiger partial charge is 0.237 e. The molecule has 6 heteroatoms. The molecule has 0 radical (unpaired) electrons. The van der Waals surface area contributed by atoms with Crippen molar-refractivity contribution in [1.82, 2.24) is 10.5 Å². The quantitative estimate of drug-likeness (QED) is 0.765. The maximum atomic E-state index is 12.1. The van der Waals surface area contributed by atoms with Gasteiger partial charge < -0.3 is 15.6 Å². The van der Waals surface area contributed by atoms with Crippen LogP contribution in [0.2, 0.25) is 0 Å². The summed E-state index contributed by atoms with van der Waals surface area (Å²) < 4.78 is 5.29. The summed E-state index contributed by atoms with van der Waals surface area (Å²) in [5, 5.41) is 6.90. The van der Waals surface area contributed by atoms with Gasteiger partial charge in [0.1, 0.15) is 0 Å². The molecule has 5 nitrogen and oxygen atoms in total. The number of benzene rings is 1. The van der Waals surface area contributed by atoms with Crippen LogP contribution in [0.15, 0.2) is 40.9 Å². The maximum Gasteiger partial charge on any atom is 0.237 e. The molecule has 0 saturated carbocycles. The number of carbonyl (C=O) groups is 1. The Morgan fingerprint density at radius 1 is 1.25 bits per heavy atom. The fourth-order valence-electron chi connectivity index (χ4n) is 2.58. The van der Waals surface area contributed by atoms with Gasteiger partial charge in [-0.3, -0.25) is 4.79 Å². The van der Waals surface area contributed by atoms with Crippen molar-refractivity contribution in [2.45, 2.75) is 51.6 Å². The molecule has 3 N–H and O–H groups in total. The zero-order valence-corrected chi connectivity index (χ0v) is 15.0. The van der Waals surface area contributed by atoms with Crippen LogP contribution in [0.4, 0.5) is 0 Å². The fourth-order valence-corrected chi connectivity index (χ4v) is 2.58. The molecule has 2 aromatic rings. The standard InChI is InChI=1S/C18H25N3O2.ClH/c1-3-14(4-2)17-11-15(23-21-17)12-20-18(22)16(19)10-13-8-6-5-7-9-13;/h5-9,11,14,16H,3-4,10,12,19H2,1-2H3,(H,20,22);1H/t16-;/m0./s1. The second kappa shape index (κ2) is 10.1. The predicted molar refractivity (Wildman–Crippen MR) is 97.0 cm³/mol. The highest BCUT2D eigenvalue weighted by Crippen LogP contribution is 2.22. The second-order valence-corrected chi connectivity index (χ2v) is 5.75. The van der Waals surface area contributed by atoms with Crippen molar-refractivity contribution in [3.8, 4) is 0 Å². The Morgan fingerprint density at radius 2 is 1.92 bits per heavy atom. The molecule has 0 fully saturated rings. The van der Waals surface area contributed by atoms with Gasteiger partial charge in [-0.1, -0.05) is 49.3 Å². The van der Waals surface area contributed by atoms with Crippen LogP contribution in [0.5, 0.6) is 0 Å². The zero-order valence-electron chi connectivity index (χ0n) is 14.2. The summed E-state index contributed by atoms with van der Waals surface area (Å²) in [6.45, 7) is 4.58. The Morgan fingerprint density at radius 3 is 2.54 bits per heavy atom. The minimum Gasteiger partial charge on any atom is -0.359 e. The molecule has 1 atom stereocenters. The summed E-state index contributed by atoms with van der Waals surface area (Å²) in [7, 11) is 0. The largest absolute Gasteiger partial charge is 0.359 e. The summed E-state index contributed by atoms with van der Waals surface area (Å²) in [5.41, 5.74) is 7.95. The molecule has 0 aliphatic rings. The van der Waals surface area contributed by atoms with E-state index >= 15 is 0 Å². The number of hydrogen-bond acceptors (Lipinski definition) is 4. The normalized spacial score (nSPS) is 11.8. The van der Waals surface area contributed by atoms with Crippen molar-refractivity contribution in [1.29, 1.82) is 0 Å². The van der Waals surface area contributed by atoms with Gasteiger partial charge in [0.15, 0.2) is 5.76 Å². The third kappa shape index (κ3) is 5.65. The van der Waals surface area contributed by atoms with Gasteiger partial charge in [0.2, 0.25) is 5.91 Å². The minimum absolute atomic E-state index is 0. The lowest BCUT2D eigenvalue weighted by molar-refractivity contribution is -0.122. The average molecular weight is 352 g/mol. The molecule has 1 amide bonds. The van der Waals surface area contributed by atoms with E-state index in [4.69, 9.17) is 10.3 Å². The lowest BCUT2D eigenvalue weighted by Crippen LogP contribution is -2.41. The van der Waals surface area contributed by atoms with Gasteiger partial charge in [-0.25, -0.2) is 0 Å². The van der Waals surface area contributed by atoms with Crippen molar-refractivity contribution in [3.63, 3.8) is 0 Å². The number of hydrogen-bond donors (Lipinski definition) is 2. The molecule has 0 aliphatic heterocycles. The van der Waals surface area contributed by atoms with Crippen LogP contribution in [-0.4, -0.2) is 17.1 Å². The molecular weight excluding hydrogens is 326 g/mol. The Hall–Kier alpha value is -1.85. The van der Waals surface area contributed by atoms with E-state index in [9.17, 15) is 4.79 Å². The van der Waals surface area contributed by atoms with Crippen LogP contribution >= 0.6 is 12.4 Å². The van der Waals surface area contributed by atoms with Crippen molar-refractivity contribution in [2.75, 3.05) is 0 Å². The van der Waals surface area contributed by atoms with Gasteiger partial charge in [0.25, 0.3) is 0 Å². The molecule has 0 bridgehead atoms. The van der Waals surface area contributed by atoms with Gasteiger partial charge in [-0.05, 0) is 24.8 Å². The first-order chi connectivity index (χ1) is 11.1. The Labute approximate surface area is 149 Å². The van der Waals surface area contributed by atoms with Crippen LogP contribution < -0.4 is 11.1 Å². The lowest BCUT2D eigenvalue weighted by Gasteiger charge is -2.11. The number of rotatable bonds is 8. The Kier molecular flexibility index (Phi) is 8.50. The summed E-state index contributed by atoms with van der Waals surface area (Å²) in [6, 6.07) is 11.1. The maximum absolute atomic E-state index is 12.1. The summed E-state index contributed by atoms with van der Waals surface area (Å²) in [6.07, 6.45) is 2.57. The molecule has 0 aliphatic carbocycles. The van der Waals surface area contributed by atoms with Crippen molar-refractivity contribution in [2.24, 2.45) is 5.73 Å². The molecule has 0 unspecified atom stereocenters. The molecule has 1 aromatic heterocycles. The van der Waals surface area contributed by atoms with Crippen LogP contribution in [0.25, 0.3) is 0 Å². The highest BCUT2D eigenvalue weighted by Gasteiger charge is 2.16. The van der Waals surface area contributed by atoms with E-state index in [2.05, 4.69) is 24.3 Å². The number of nitrogens with two attached hydrogens (primary N) is 1. The summed E-state index contributed by atoms with van der Waals surface area (Å²) >= 11 is 0. The number of nitrogens with one attached hydrogen (secondary N) is 1. The molecule has 24 heavy (non-hydrogen) atoms. The van der Waals surface area contributed by atoms with Crippen LogP contribution in [0.3, 0.4) is 0 Å². The Bertz CT molecular complexity index is 612. The third-order valence-electron chi connectivity index (χ3n) is 4.05.